The van der Waals surface area contributed by atoms with Gasteiger partial charge in [-0.3, -0.25) is 14.3 Å². The molecule has 5 rings (SSSR count). The summed E-state index contributed by atoms with van der Waals surface area (Å²) in [5, 5.41) is 7.08. The molecular weight excluding hydrogens is 549 g/mol. The number of hydrogen-bond acceptors (Lipinski definition) is 6. The van der Waals surface area contributed by atoms with Crippen LogP contribution in [0.2, 0.25) is 10.2 Å². The summed E-state index contributed by atoms with van der Waals surface area (Å²) in [7, 11) is 1.69. The van der Waals surface area contributed by atoms with Gasteiger partial charge in [0.25, 0.3) is 0 Å². The third-order valence-corrected chi connectivity index (χ3v) is 8.86. The minimum absolute atomic E-state index is 0.201. The minimum atomic E-state index is -1.12. The SMILES string of the molecule is Cc1nn(C)c(Cl)c1C1C(C(=O)c2cccs2)C(c2ccc(Cl)cc2)C(C(N)=O)N1C(=O)N1CCOCC1. The average Bonchev–Trinajstić information content (AvgIpc) is 3.61. The highest BCUT2D eigenvalue weighted by molar-refractivity contribution is 7.12. The van der Waals surface area contributed by atoms with E-state index in [2.05, 4.69) is 5.10 Å². The highest BCUT2D eigenvalue weighted by Gasteiger charge is 2.59. The lowest BCUT2D eigenvalue weighted by Crippen LogP contribution is -2.54. The van der Waals surface area contributed by atoms with Crippen LogP contribution < -0.4 is 5.73 Å². The molecule has 9 nitrogen and oxygen atoms in total. The van der Waals surface area contributed by atoms with Crippen molar-refractivity contribution in [2.75, 3.05) is 26.3 Å². The molecule has 2 saturated heterocycles. The predicted octanol–water partition coefficient (Wildman–Crippen LogP) is 4.04. The Morgan fingerprint density at radius 2 is 1.79 bits per heavy atom. The van der Waals surface area contributed by atoms with Crippen molar-refractivity contribution in [1.82, 2.24) is 19.6 Å². The first kappa shape index (κ1) is 26.7. The number of ether oxygens (including phenoxy) is 1. The molecule has 3 aromatic rings. The second kappa shape index (κ2) is 10.7. The number of carbonyl (C=O) groups excluding carboxylic acids is 3. The number of aromatic nitrogens is 2. The number of nitrogens with two attached hydrogens (primary N) is 1. The molecule has 38 heavy (non-hydrogen) atoms. The van der Waals surface area contributed by atoms with E-state index in [4.69, 9.17) is 33.7 Å². The van der Waals surface area contributed by atoms with E-state index in [1.54, 1.807) is 55.3 Å². The van der Waals surface area contributed by atoms with Crippen LogP contribution in [0, 0.1) is 12.8 Å². The maximum Gasteiger partial charge on any atom is 0.321 e. The quantitative estimate of drug-likeness (QED) is 0.461. The topological polar surface area (TPSA) is 111 Å². The molecule has 0 aliphatic carbocycles. The number of primary amides is 1. The first-order chi connectivity index (χ1) is 18.2. The van der Waals surface area contributed by atoms with E-state index in [-0.39, 0.29) is 10.9 Å². The Kier molecular flexibility index (Phi) is 7.50. The standard InChI is InChI=1S/C26H27Cl2N5O4S/c1-14-18(24(28)31(2)30-14)21-20(23(34)17-4-3-13-38-17)19(15-5-7-16(27)8-6-15)22(25(29)35)33(21)26(36)32-9-11-37-12-10-32/h3-8,13,19-22H,9-12H2,1-2H3,(H2,29,35). The normalized spacial score (nSPS) is 23.6. The molecule has 2 aliphatic heterocycles. The number of rotatable bonds is 5. The van der Waals surface area contributed by atoms with Crippen molar-refractivity contribution in [3.05, 3.63) is 73.7 Å². The third-order valence-electron chi connectivity index (χ3n) is 7.27. The van der Waals surface area contributed by atoms with E-state index in [0.29, 0.717) is 53.0 Å². The van der Waals surface area contributed by atoms with Crippen LogP contribution in [0.15, 0.2) is 41.8 Å². The molecule has 0 spiro atoms. The van der Waals surface area contributed by atoms with Crippen LogP contribution in [0.3, 0.4) is 0 Å². The van der Waals surface area contributed by atoms with Gasteiger partial charge < -0.3 is 20.3 Å². The molecule has 2 aromatic heterocycles. The number of Topliss-reactive ketones (excluding diaryl/α,β-unsaturated/α-hetero) is 1. The Labute approximate surface area is 234 Å². The summed E-state index contributed by atoms with van der Waals surface area (Å²) in [5.41, 5.74) is 7.81. The number of benzene rings is 1. The van der Waals surface area contributed by atoms with Crippen LogP contribution in [0.5, 0.6) is 0 Å². The van der Waals surface area contributed by atoms with Crippen molar-refractivity contribution in [1.29, 1.82) is 0 Å². The van der Waals surface area contributed by atoms with Gasteiger partial charge in [0.2, 0.25) is 5.91 Å². The van der Waals surface area contributed by atoms with Gasteiger partial charge in [0.05, 0.1) is 35.7 Å². The number of morpholine rings is 1. The number of amides is 3. The highest BCUT2D eigenvalue weighted by atomic mass is 35.5. The van der Waals surface area contributed by atoms with Crippen molar-refractivity contribution >= 4 is 52.3 Å². The molecular formula is C26H27Cl2N5O4S. The number of ketones is 1. The van der Waals surface area contributed by atoms with Gasteiger partial charge in [-0.15, -0.1) is 11.3 Å². The van der Waals surface area contributed by atoms with Gasteiger partial charge in [0.1, 0.15) is 11.2 Å². The van der Waals surface area contributed by atoms with Crippen LogP contribution in [0.1, 0.15) is 38.5 Å². The zero-order valence-electron chi connectivity index (χ0n) is 20.8. The Morgan fingerprint density at radius 1 is 1.11 bits per heavy atom. The lowest BCUT2D eigenvalue weighted by atomic mass is 9.77. The molecule has 0 radical (unpaired) electrons. The van der Waals surface area contributed by atoms with Gasteiger partial charge in [0, 0.05) is 36.6 Å². The zero-order valence-corrected chi connectivity index (χ0v) is 23.2. The molecule has 3 amide bonds. The number of carbonyl (C=O) groups is 3. The van der Waals surface area contributed by atoms with Gasteiger partial charge in [0.15, 0.2) is 5.78 Å². The van der Waals surface area contributed by atoms with Gasteiger partial charge in [-0.1, -0.05) is 41.4 Å². The van der Waals surface area contributed by atoms with Crippen molar-refractivity contribution in [3.63, 3.8) is 0 Å². The van der Waals surface area contributed by atoms with Crippen LogP contribution in [-0.2, 0) is 16.6 Å². The summed E-state index contributed by atoms with van der Waals surface area (Å²) in [6.07, 6.45) is 0. The summed E-state index contributed by atoms with van der Waals surface area (Å²) in [4.78, 5) is 45.3. The van der Waals surface area contributed by atoms with E-state index in [1.165, 1.54) is 20.9 Å². The van der Waals surface area contributed by atoms with Crippen LogP contribution >= 0.6 is 34.5 Å². The lowest BCUT2D eigenvalue weighted by molar-refractivity contribution is -0.122. The van der Waals surface area contributed by atoms with Crippen molar-refractivity contribution < 1.29 is 19.1 Å². The Hall–Kier alpha value is -2.92. The van der Waals surface area contributed by atoms with E-state index < -0.39 is 35.9 Å². The van der Waals surface area contributed by atoms with E-state index >= 15 is 0 Å². The van der Waals surface area contributed by atoms with Gasteiger partial charge in [-0.2, -0.15) is 5.10 Å². The van der Waals surface area contributed by atoms with Crippen LogP contribution in [0.25, 0.3) is 0 Å². The monoisotopic (exact) mass is 575 g/mol. The molecule has 4 unspecified atom stereocenters. The molecule has 4 heterocycles. The molecule has 0 bridgehead atoms. The van der Waals surface area contributed by atoms with E-state index in [1.807, 2.05) is 5.38 Å². The van der Waals surface area contributed by atoms with Crippen LogP contribution in [-0.4, -0.2) is 69.6 Å². The van der Waals surface area contributed by atoms with Crippen molar-refractivity contribution in [2.45, 2.75) is 24.9 Å². The van der Waals surface area contributed by atoms with E-state index in [0.717, 1.165) is 0 Å². The lowest BCUT2D eigenvalue weighted by Gasteiger charge is -2.37. The number of urea groups is 1. The second-order valence-corrected chi connectivity index (χ2v) is 11.2. The van der Waals surface area contributed by atoms with E-state index in [9.17, 15) is 14.4 Å². The minimum Gasteiger partial charge on any atom is -0.378 e. The second-order valence-electron chi connectivity index (χ2n) is 9.44. The maximum absolute atomic E-state index is 14.3. The number of aryl methyl sites for hydroxylation is 2. The van der Waals surface area contributed by atoms with Gasteiger partial charge in [-0.05, 0) is 36.1 Å². The zero-order chi connectivity index (χ0) is 27.1. The molecule has 2 N–H and O–H groups in total. The summed E-state index contributed by atoms with van der Waals surface area (Å²) in [6.45, 7) is 3.22. The number of halogens is 2. The largest absolute Gasteiger partial charge is 0.378 e. The molecule has 0 saturated carbocycles. The molecule has 4 atom stereocenters. The fourth-order valence-corrected chi connectivity index (χ4v) is 6.77. The number of likely N-dealkylation sites (tertiary alicyclic amines) is 1. The summed E-state index contributed by atoms with van der Waals surface area (Å²) < 4.78 is 6.95. The summed E-state index contributed by atoms with van der Waals surface area (Å²) in [6, 6.07) is 8.07. The van der Waals surface area contributed by atoms with Crippen LogP contribution in [0.4, 0.5) is 4.79 Å². The fourth-order valence-electron chi connectivity index (χ4n) is 5.65. The summed E-state index contributed by atoms with van der Waals surface area (Å²) >= 11 is 14.3. The Morgan fingerprint density at radius 3 is 2.34 bits per heavy atom. The number of hydrogen-bond donors (Lipinski definition) is 1. The van der Waals surface area contributed by atoms with Crippen molar-refractivity contribution in [3.8, 4) is 0 Å². The first-order valence-corrected chi connectivity index (χ1v) is 13.8. The highest BCUT2D eigenvalue weighted by Crippen LogP contribution is 2.53. The Bertz CT molecular complexity index is 1350. The van der Waals surface area contributed by atoms with Gasteiger partial charge in [-0.25, -0.2) is 4.79 Å². The number of thiophene rings is 1. The predicted molar refractivity (Wildman–Crippen MR) is 145 cm³/mol. The molecule has 2 aliphatic rings. The summed E-state index contributed by atoms with van der Waals surface area (Å²) in [5.74, 6) is -2.52. The first-order valence-electron chi connectivity index (χ1n) is 12.2. The smallest absolute Gasteiger partial charge is 0.321 e. The number of nitrogens with zero attached hydrogens (tertiary/aromatic N) is 4. The molecule has 2 fully saturated rings. The molecule has 200 valence electrons. The Balaban J connectivity index is 1.77. The molecule has 12 heteroatoms. The average molecular weight is 577 g/mol. The fraction of sp³-hybridized carbons (Fsp3) is 0.385. The van der Waals surface area contributed by atoms with Gasteiger partial charge >= 0.3 is 6.03 Å². The third kappa shape index (κ3) is 4.59. The molecule has 1 aromatic carbocycles. The van der Waals surface area contributed by atoms with Crippen molar-refractivity contribution in [2.24, 2.45) is 18.7 Å². The maximum atomic E-state index is 14.3.